The van der Waals surface area contributed by atoms with Crippen molar-refractivity contribution in [3.8, 4) is 11.1 Å². The normalized spacial score (nSPS) is 14.8. The number of hydrogen-bond donors (Lipinski definition) is 0. The minimum absolute atomic E-state index is 0.0112. The van der Waals surface area contributed by atoms with Gasteiger partial charge in [-0.25, -0.2) is 0 Å². The fourth-order valence-corrected chi connectivity index (χ4v) is 5.48. The molecule has 0 radical (unpaired) electrons. The van der Waals surface area contributed by atoms with Crippen LogP contribution in [0.5, 0.6) is 0 Å². The molecule has 1 aliphatic heterocycles. The molecular weight excluding hydrogens is 492 g/mol. The van der Waals surface area contributed by atoms with Crippen LogP contribution in [0.25, 0.3) is 11.1 Å². The molecule has 1 fully saturated rings. The maximum atomic E-state index is 13.7. The first-order valence-corrected chi connectivity index (χ1v) is 13.9. The van der Waals surface area contributed by atoms with Gasteiger partial charge in [-0.2, -0.15) is 0 Å². The molecule has 4 aromatic rings. The smallest absolute Gasteiger partial charge is 0.254 e. The van der Waals surface area contributed by atoms with Gasteiger partial charge in [-0.15, -0.1) is 11.3 Å². The predicted octanol–water partition coefficient (Wildman–Crippen LogP) is 6.27. The summed E-state index contributed by atoms with van der Waals surface area (Å²) in [5, 5.41) is 2.02. The van der Waals surface area contributed by atoms with Crippen LogP contribution in [0, 0.1) is 0 Å². The molecule has 194 valence electrons. The highest BCUT2D eigenvalue weighted by atomic mass is 32.1. The number of carbonyl (C=O) groups is 2. The van der Waals surface area contributed by atoms with Crippen LogP contribution in [0.15, 0.2) is 102 Å². The van der Waals surface area contributed by atoms with Crippen molar-refractivity contribution in [3.05, 3.63) is 118 Å². The maximum absolute atomic E-state index is 13.7. The molecule has 38 heavy (non-hydrogen) atoms. The van der Waals surface area contributed by atoms with Gasteiger partial charge in [-0.3, -0.25) is 9.59 Å². The van der Waals surface area contributed by atoms with Crippen molar-refractivity contribution in [1.29, 1.82) is 0 Å². The standard InChI is InChI=1S/C32H32N2O3S/c35-31(33(23-30-14-8-20-38-30)21-25-9-3-1-4-10-25)24-34(22-29-13-7-19-37-29)32(36)28-17-15-27(16-18-28)26-11-5-2-6-12-26/h1-6,8-12,14-18,20,29H,7,13,19,21-24H2. The molecule has 2 heterocycles. The summed E-state index contributed by atoms with van der Waals surface area (Å²) in [4.78, 5) is 32.1. The predicted molar refractivity (Wildman–Crippen MR) is 152 cm³/mol. The molecule has 3 aromatic carbocycles. The third-order valence-corrected chi connectivity index (χ3v) is 7.66. The van der Waals surface area contributed by atoms with Crippen LogP contribution in [0.1, 0.15) is 33.6 Å². The average molecular weight is 525 g/mol. The summed E-state index contributed by atoms with van der Waals surface area (Å²) < 4.78 is 5.85. The minimum Gasteiger partial charge on any atom is -0.376 e. The van der Waals surface area contributed by atoms with Gasteiger partial charge >= 0.3 is 0 Å². The van der Waals surface area contributed by atoms with E-state index < -0.39 is 0 Å². The molecule has 0 saturated carbocycles. The number of rotatable bonds is 10. The number of nitrogens with zero attached hydrogens (tertiary/aromatic N) is 2. The van der Waals surface area contributed by atoms with E-state index in [0.29, 0.717) is 31.8 Å². The monoisotopic (exact) mass is 524 g/mol. The molecule has 0 bridgehead atoms. The molecule has 1 atom stereocenters. The fraction of sp³-hybridized carbons (Fsp3) is 0.250. The van der Waals surface area contributed by atoms with Crippen LogP contribution in [0.2, 0.25) is 0 Å². The summed E-state index contributed by atoms with van der Waals surface area (Å²) in [6.07, 6.45) is 1.83. The molecule has 1 aromatic heterocycles. The van der Waals surface area contributed by atoms with E-state index in [9.17, 15) is 9.59 Å². The summed E-state index contributed by atoms with van der Waals surface area (Å²) in [5.41, 5.74) is 3.78. The second kappa shape index (κ2) is 12.7. The van der Waals surface area contributed by atoms with Crippen molar-refractivity contribution in [3.63, 3.8) is 0 Å². The molecule has 6 heteroatoms. The van der Waals surface area contributed by atoms with E-state index in [1.54, 1.807) is 16.2 Å². The van der Waals surface area contributed by atoms with E-state index in [2.05, 4.69) is 0 Å². The third-order valence-electron chi connectivity index (χ3n) is 6.80. The largest absolute Gasteiger partial charge is 0.376 e. The number of amides is 2. The van der Waals surface area contributed by atoms with Crippen molar-refractivity contribution in [2.24, 2.45) is 0 Å². The topological polar surface area (TPSA) is 49.9 Å². The molecule has 0 spiro atoms. The van der Waals surface area contributed by atoms with Crippen LogP contribution in [0.3, 0.4) is 0 Å². The lowest BCUT2D eigenvalue weighted by atomic mass is 10.0. The number of benzene rings is 3. The molecular formula is C32H32N2O3S. The number of ether oxygens (including phenoxy) is 1. The van der Waals surface area contributed by atoms with Crippen LogP contribution < -0.4 is 0 Å². The van der Waals surface area contributed by atoms with Gasteiger partial charge in [-0.1, -0.05) is 78.9 Å². The first-order chi connectivity index (χ1) is 18.7. The van der Waals surface area contributed by atoms with Gasteiger partial charge in [0.15, 0.2) is 0 Å². The Hall–Kier alpha value is -3.74. The average Bonchev–Trinajstić information content (AvgIpc) is 3.68. The van der Waals surface area contributed by atoms with E-state index in [4.69, 9.17) is 4.74 Å². The first-order valence-electron chi connectivity index (χ1n) is 13.1. The summed E-state index contributed by atoms with van der Waals surface area (Å²) in [6, 6.07) is 31.7. The Morgan fingerprint density at radius 1 is 0.789 bits per heavy atom. The van der Waals surface area contributed by atoms with Gasteiger partial charge in [-0.05, 0) is 53.1 Å². The zero-order chi connectivity index (χ0) is 26.2. The van der Waals surface area contributed by atoms with Crippen molar-refractivity contribution >= 4 is 23.2 Å². The van der Waals surface area contributed by atoms with E-state index in [1.807, 2.05) is 107 Å². The Bertz CT molecular complexity index is 1300. The second-order valence-corrected chi connectivity index (χ2v) is 10.6. The van der Waals surface area contributed by atoms with Crippen LogP contribution in [0.4, 0.5) is 0 Å². The molecule has 1 aliphatic rings. The van der Waals surface area contributed by atoms with E-state index >= 15 is 0 Å². The molecule has 5 nitrogen and oxygen atoms in total. The van der Waals surface area contributed by atoms with E-state index in [0.717, 1.165) is 34.4 Å². The van der Waals surface area contributed by atoms with Gasteiger partial charge in [0.05, 0.1) is 12.6 Å². The minimum atomic E-state index is -0.149. The van der Waals surface area contributed by atoms with Gasteiger partial charge in [0.1, 0.15) is 6.54 Å². The lowest BCUT2D eigenvalue weighted by Gasteiger charge is -2.29. The highest BCUT2D eigenvalue weighted by Crippen LogP contribution is 2.22. The molecule has 0 N–H and O–H groups in total. The summed E-state index contributed by atoms with van der Waals surface area (Å²) >= 11 is 1.63. The molecule has 1 saturated heterocycles. The lowest BCUT2D eigenvalue weighted by Crippen LogP contribution is -2.45. The van der Waals surface area contributed by atoms with E-state index in [1.165, 1.54) is 0 Å². The van der Waals surface area contributed by atoms with Crippen molar-refractivity contribution < 1.29 is 14.3 Å². The molecule has 2 amide bonds. The zero-order valence-corrected chi connectivity index (χ0v) is 22.2. The van der Waals surface area contributed by atoms with Crippen molar-refractivity contribution in [2.45, 2.75) is 32.0 Å². The summed E-state index contributed by atoms with van der Waals surface area (Å²) in [7, 11) is 0. The number of thiophene rings is 1. The number of carbonyl (C=O) groups excluding carboxylic acids is 2. The van der Waals surface area contributed by atoms with Gasteiger partial charge in [0.25, 0.3) is 5.91 Å². The van der Waals surface area contributed by atoms with Crippen molar-refractivity contribution in [1.82, 2.24) is 9.80 Å². The zero-order valence-electron chi connectivity index (χ0n) is 21.4. The molecule has 0 aliphatic carbocycles. The summed E-state index contributed by atoms with van der Waals surface area (Å²) in [6.45, 7) is 2.12. The van der Waals surface area contributed by atoms with Crippen LogP contribution >= 0.6 is 11.3 Å². The van der Waals surface area contributed by atoms with Gasteiger partial charge in [0, 0.05) is 30.1 Å². The Kier molecular flexibility index (Phi) is 8.64. The highest BCUT2D eigenvalue weighted by Gasteiger charge is 2.27. The first kappa shape index (κ1) is 25.9. The second-order valence-electron chi connectivity index (χ2n) is 9.58. The number of hydrogen-bond acceptors (Lipinski definition) is 4. The Morgan fingerprint density at radius 3 is 2.16 bits per heavy atom. The van der Waals surface area contributed by atoms with Crippen molar-refractivity contribution in [2.75, 3.05) is 19.7 Å². The van der Waals surface area contributed by atoms with Gasteiger partial charge in [0.2, 0.25) is 5.91 Å². The maximum Gasteiger partial charge on any atom is 0.254 e. The Labute approximate surface area is 228 Å². The quantitative estimate of drug-likeness (QED) is 0.246. The van der Waals surface area contributed by atoms with Crippen LogP contribution in [-0.2, 0) is 22.6 Å². The fourth-order valence-electron chi connectivity index (χ4n) is 4.76. The van der Waals surface area contributed by atoms with E-state index in [-0.39, 0.29) is 24.5 Å². The van der Waals surface area contributed by atoms with Crippen LogP contribution in [-0.4, -0.2) is 47.4 Å². The molecule has 5 rings (SSSR count). The Morgan fingerprint density at radius 2 is 1.50 bits per heavy atom. The Balaban J connectivity index is 1.35. The highest BCUT2D eigenvalue weighted by molar-refractivity contribution is 7.09. The van der Waals surface area contributed by atoms with Gasteiger partial charge < -0.3 is 14.5 Å². The lowest BCUT2D eigenvalue weighted by molar-refractivity contribution is -0.133. The third kappa shape index (κ3) is 6.77. The SMILES string of the molecule is O=C(CN(CC1CCCO1)C(=O)c1ccc(-c2ccccc2)cc1)N(Cc1ccccc1)Cc1cccs1. The summed E-state index contributed by atoms with van der Waals surface area (Å²) in [5.74, 6) is -0.223. The molecule has 1 unspecified atom stereocenters.